The lowest BCUT2D eigenvalue weighted by molar-refractivity contribution is -0.142. The first kappa shape index (κ1) is 13.8. The van der Waals surface area contributed by atoms with Crippen LogP contribution < -0.4 is 0 Å². The molecule has 2 unspecified atom stereocenters. The van der Waals surface area contributed by atoms with Gasteiger partial charge in [-0.3, -0.25) is 4.79 Å². The maximum atomic E-state index is 11.1. The molecule has 2 atom stereocenters. The van der Waals surface area contributed by atoms with Crippen LogP contribution in [-0.4, -0.2) is 34.8 Å². The van der Waals surface area contributed by atoms with Crippen molar-refractivity contribution in [2.45, 2.75) is 44.1 Å². The molecule has 0 aliphatic carbocycles. The van der Waals surface area contributed by atoms with E-state index < -0.39 is 0 Å². The fourth-order valence-corrected chi connectivity index (χ4v) is 2.42. The Labute approximate surface area is 90.2 Å². The van der Waals surface area contributed by atoms with Gasteiger partial charge in [-0.25, -0.2) is 0 Å². The summed E-state index contributed by atoms with van der Waals surface area (Å²) in [5.41, 5.74) is 0. The second-order valence-corrected chi connectivity index (χ2v) is 5.16. The lowest BCUT2D eigenvalue weighted by Crippen LogP contribution is -2.13. The second-order valence-electron chi connectivity index (χ2n) is 3.28. The highest BCUT2D eigenvalue weighted by molar-refractivity contribution is 8.00. The van der Waals surface area contributed by atoms with Gasteiger partial charge in [0.15, 0.2) is 0 Å². The average molecular weight is 220 g/mol. The highest BCUT2D eigenvalue weighted by atomic mass is 32.2. The van der Waals surface area contributed by atoms with Crippen LogP contribution in [0.5, 0.6) is 0 Å². The maximum absolute atomic E-state index is 11.1. The summed E-state index contributed by atoms with van der Waals surface area (Å²) in [7, 11) is 0. The molecule has 4 heteroatoms. The molecule has 0 bridgehead atoms. The number of esters is 1. The number of rotatable bonds is 7. The van der Waals surface area contributed by atoms with Crippen LogP contribution in [0.2, 0.25) is 0 Å². The first-order chi connectivity index (χ1) is 6.60. The van der Waals surface area contributed by atoms with Crippen molar-refractivity contribution in [3.63, 3.8) is 0 Å². The summed E-state index contributed by atoms with van der Waals surface area (Å²) in [6, 6.07) is 0. The zero-order chi connectivity index (χ0) is 11.0. The van der Waals surface area contributed by atoms with Crippen LogP contribution in [0.3, 0.4) is 0 Å². The summed E-state index contributed by atoms with van der Waals surface area (Å²) in [6.07, 6.45) is 1.23. The Morgan fingerprint density at radius 1 is 1.43 bits per heavy atom. The van der Waals surface area contributed by atoms with E-state index in [9.17, 15) is 4.79 Å². The van der Waals surface area contributed by atoms with Crippen molar-refractivity contribution < 1.29 is 14.6 Å². The van der Waals surface area contributed by atoms with Crippen LogP contribution in [0.4, 0.5) is 0 Å². The number of hydrogen-bond acceptors (Lipinski definition) is 4. The molecule has 0 aliphatic rings. The van der Waals surface area contributed by atoms with E-state index in [4.69, 9.17) is 9.84 Å². The van der Waals surface area contributed by atoms with Gasteiger partial charge in [-0.15, -0.1) is 0 Å². The highest BCUT2D eigenvalue weighted by Gasteiger charge is 2.13. The Kier molecular flexibility index (Phi) is 7.99. The molecule has 0 radical (unpaired) electrons. The van der Waals surface area contributed by atoms with Gasteiger partial charge in [-0.1, -0.05) is 13.8 Å². The van der Waals surface area contributed by atoms with Crippen molar-refractivity contribution in [3.8, 4) is 0 Å². The number of carbonyl (C=O) groups is 1. The van der Waals surface area contributed by atoms with Gasteiger partial charge in [0.2, 0.25) is 0 Å². The predicted octanol–water partition coefficient (Wildman–Crippen LogP) is 1.83. The summed E-state index contributed by atoms with van der Waals surface area (Å²) in [6.45, 7) is 6.53. The van der Waals surface area contributed by atoms with Crippen LogP contribution >= 0.6 is 11.8 Å². The molecule has 0 aliphatic heterocycles. The molecule has 0 aromatic rings. The number of ether oxygens (including phenoxy) is 1. The largest absolute Gasteiger partial charge is 0.466 e. The molecule has 3 nitrogen and oxygen atoms in total. The molecular weight excluding hydrogens is 200 g/mol. The highest BCUT2D eigenvalue weighted by Crippen LogP contribution is 2.22. The van der Waals surface area contributed by atoms with E-state index in [1.165, 1.54) is 0 Å². The van der Waals surface area contributed by atoms with Crippen molar-refractivity contribution in [3.05, 3.63) is 0 Å². The second kappa shape index (κ2) is 8.12. The smallest absolute Gasteiger partial charge is 0.306 e. The summed E-state index contributed by atoms with van der Waals surface area (Å²) in [5.74, 6) is -0.135. The molecule has 0 rings (SSSR count). The van der Waals surface area contributed by atoms with E-state index in [-0.39, 0.29) is 17.8 Å². The van der Waals surface area contributed by atoms with Crippen LogP contribution in [-0.2, 0) is 9.53 Å². The van der Waals surface area contributed by atoms with Gasteiger partial charge in [-0.05, 0) is 13.3 Å². The van der Waals surface area contributed by atoms with E-state index in [0.29, 0.717) is 18.3 Å². The molecule has 14 heavy (non-hydrogen) atoms. The van der Waals surface area contributed by atoms with Gasteiger partial charge in [0.1, 0.15) is 0 Å². The van der Waals surface area contributed by atoms with Crippen LogP contribution in [0, 0.1) is 0 Å². The standard InChI is InChI=1S/C10H20O3S/c1-4-13-10(12)7-9(3)14-8(2)5-6-11/h8-9,11H,4-7H2,1-3H3. The number of aliphatic hydroxyl groups is 1. The van der Waals surface area contributed by atoms with Gasteiger partial charge >= 0.3 is 5.97 Å². The van der Waals surface area contributed by atoms with E-state index in [2.05, 4.69) is 6.92 Å². The fourth-order valence-electron chi connectivity index (χ4n) is 1.15. The SMILES string of the molecule is CCOC(=O)CC(C)SC(C)CCO. The molecule has 84 valence electrons. The normalized spacial score (nSPS) is 14.9. The number of hydrogen-bond donors (Lipinski definition) is 1. The van der Waals surface area contributed by atoms with E-state index in [1.54, 1.807) is 11.8 Å². The van der Waals surface area contributed by atoms with Gasteiger partial charge < -0.3 is 9.84 Å². The van der Waals surface area contributed by atoms with Gasteiger partial charge in [0.25, 0.3) is 0 Å². The van der Waals surface area contributed by atoms with Crippen molar-refractivity contribution in [2.75, 3.05) is 13.2 Å². The van der Waals surface area contributed by atoms with Crippen LogP contribution in [0.25, 0.3) is 0 Å². The maximum Gasteiger partial charge on any atom is 0.306 e. The first-order valence-electron chi connectivity index (χ1n) is 5.02. The summed E-state index contributed by atoms with van der Waals surface area (Å²) >= 11 is 1.72. The van der Waals surface area contributed by atoms with Crippen molar-refractivity contribution >= 4 is 17.7 Å². The predicted molar refractivity (Wildman–Crippen MR) is 59.5 cm³/mol. The molecule has 0 aromatic carbocycles. The minimum absolute atomic E-state index is 0.135. The summed E-state index contributed by atoms with van der Waals surface area (Å²) in [4.78, 5) is 11.1. The topological polar surface area (TPSA) is 46.5 Å². The number of carbonyl (C=O) groups excluding carboxylic acids is 1. The Balaban J connectivity index is 3.63. The van der Waals surface area contributed by atoms with Crippen molar-refractivity contribution in [1.82, 2.24) is 0 Å². The summed E-state index contributed by atoms with van der Waals surface area (Å²) < 4.78 is 4.85. The third-order valence-electron chi connectivity index (χ3n) is 1.76. The summed E-state index contributed by atoms with van der Waals surface area (Å²) in [5, 5.41) is 9.36. The molecule has 0 saturated carbocycles. The Bertz CT molecular complexity index is 161. The quantitative estimate of drug-likeness (QED) is 0.665. The van der Waals surface area contributed by atoms with Crippen LogP contribution in [0.1, 0.15) is 33.6 Å². The Hall–Kier alpha value is -0.220. The van der Waals surface area contributed by atoms with Gasteiger partial charge in [0, 0.05) is 17.1 Å². The first-order valence-corrected chi connectivity index (χ1v) is 5.96. The van der Waals surface area contributed by atoms with Crippen molar-refractivity contribution in [1.29, 1.82) is 0 Å². The monoisotopic (exact) mass is 220 g/mol. The minimum atomic E-state index is -0.135. The zero-order valence-corrected chi connectivity index (χ0v) is 9.97. The molecule has 1 N–H and O–H groups in total. The lowest BCUT2D eigenvalue weighted by atomic mass is 10.3. The molecule has 0 fully saturated rings. The molecular formula is C10H20O3S. The average Bonchev–Trinajstić information content (AvgIpc) is 2.03. The molecule has 0 amide bonds. The Morgan fingerprint density at radius 2 is 2.07 bits per heavy atom. The Morgan fingerprint density at radius 3 is 2.57 bits per heavy atom. The van der Waals surface area contributed by atoms with E-state index in [0.717, 1.165) is 6.42 Å². The van der Waals surface area contributed by atoms with Gasteiger partial charge in [-0.2, -0.15) is 11.8 Å². The molecule has 0 heterocycles. The third kappa shape index (κ3) is 7.21. The van der Waals surface area contributed by atoms with Gasteiger partial charge in [0.05, 0.1) is 13.0 Å². The van der Waals surface area contributed by atoms with Crippen molar-refractivity contribution in [2.24, 2.45) is 0 Å². The minimum Gasteiger partial charge on any atom is -0.466 e. The zero-order valence-electron chi connectivity index (χ0n) is 9.16. The molecule has 0 spiro atoms. The molecule has 0 saturated heterocycles. The van der Waals surface area contributed by atoms with E-state index >= 15 is 0 Å². The van der Waals surface area contributed by atoms with E-state index in [1.807, 2.05) is 13.8 Å². The molecule has 0 aromatic heterocycles. The third-order valence-corrected chi connectivity index (χ3v) is 3.09. The fraction of sp³-hybridized carbons (Fsp3) is 0.900. The lowest BCUT2D eigenvalue weighted by Gasteiger charge is -2.15. The number of thioether (sulfide) groups is 1. The van der Waals surface area contributed by atoms with Crippen LogP contribution in [0.15, 0.2) is 0 Å². The number of aliphatic hydroxyl groups excluding tert-OH is 1.